The van der Waals surface area contributed by atoms with Gasteiger partial charge in [0.15, 0.2) is 5.13 Å². The van der Waals surface area contributed by atoms with Crippen molar-refractivity contribution in [1.29, 1.82) is 0 Å². The molecule has 5 rings (SSSR count). The Balaban J connectivity index is 1.43. The molecule has 26 heavy (non-hydrogen) atoms. The van der Waals surface area contributed by atoms with E-state index in [0.717, 1.165) is 26.5 Å². The number of benzene rings is 3. The van der Waals surface area contributed by atoms with E-state index in [0.29, 0.717) is 10.6 Å². The molecule has 3 aromatic carbocycles. The van der Waals surface area contributed by atoms with E-state index in [-0.39, 0.29) is 5.82 Å². The Kier molecular flexibility index (Phi) is 3.65. The average Bonchev–Trinajstić information content (AvgIpc) is 3.27. The number of halogens is 1. The predicted molar refractivity (Wildman–Crippen MR) is 108 cm³/mol. The molecule has 3 nitrogen and oxygen atoms in total. The zero-order chi connectivity index (χ0) is 17.5. The van der Waals surface area contributed by atoms with Gasteiger partial charge in [0.1, 0.15) is 16.3 Å². The Hall–Kier alpha value is -2.83. The lowest BCUT2D eigenvalue weighted by Crippen LogP contribution is -1.89. The summed E-state index contributed by atoms with van der Waals surface area (Å²) in [5.74, 6) is -0.294. The van der Waals surface area contributed by atoms with Crippen LogP contribution in [0.5, 0.6) is 0 Å². The molecule has 6 heteroatoms. The molecule has 0 atom stereocenters. The van der Waals surface area contributed by atoms with E-state index in [9.17, 15) is 4.39 Å². The van der Waals surface area contributed by atoms with Crippen molar-refractivity contribution in [3.63, 3.8) is 0 Å². The maximum absolute atomic E-state index is 13.8. The Morgan fingerprint density at radius 3 is 2.38 bits per heavy atom. The SMILES string of the molecule is Fc1cccc2sc(Nc3ccc(-c4nc5ccccc5s4)cc3)nc12. The molecule has 0 spiro atoms. The molecular formula is C20H12FN3S2. The highest BCUT2D eigenvalue weighted by atomic mass is 32.1. The molecule has 2 aromatic heterocycles. The van der Waals surface area contributed by atoms with Crippen LogP contribution in [0, 0.1) is 5.82 Å². The maximum atomic E-state index is 13.8. The van der Waals surface area contributed by atoms with Crippen molar-refractivity contribution in [2.45, 2.75) is 0 Å². The number of para-hydroxylation sites is 2. The first-order chi connectivity index (χ1) is 12.8. The van der Waals surface area contributed by atoms with Crippen LogP contribution < -0.4 is 5.32 Å². The summed E-state index contributed by atoms with van der Waals surface area (Å²) in [5, 5.41) is 4.93. The van der Waals surface area contributed by atoms with Gasteiger partial charge in [0.2, 0.25) is 0 Å². The Labute approximate surface area is 156 Å². The fourth-order valence-electron chi connectivity index (χ4n) is 2.78. The van der Waals surface area contributed by atoms with Crippen LogP contribution in [0.4, 0.5) is 15.2 Å². The second-order valence-electron chi connectivity index (χ2n) is 5.79. The van der Waals surface area contributed by atoms with Crippen LogP contribution >= 0.6 is 22.7 Å². The number of aromatic nitrogens is 2. The second kappa shape index (κ2) is 6.16. The summed E-state index contributed by atoms with van der Waals surface area (Å²) in [6.45, 7) is 0. The van der Waals surface area contributed by atoms with Crippen molar-refractivity contribution < 1.29 is 4.39 Å². The summed E-state index contributed by atoms with van der Waals surface area (Å²) in [7, 11) is 0. The Morgan fingerprint density at radius 2 is 1.58 bits per heavy atom. The first-order valence-electron chi connectivity index (χ1n) is 8.04. The largest absolute Gasteiger partial charge is 0.332 e. The van der Waals surface area contributed by atoms with Gasteiger partial charge in [-0.15, -0.1) is 11.3 Å². The number of nitrogens with one attached hydrogen (secondary N) is 1. The number of hydrogen-bond donors (Lipinski definition) is 1. The van der Waals surface area contributed by atoms with Gasteiger partial charge in [0.25, 0.3) is 0 Å². The molecule has 0 unspecified atom stereocenters. The Bertz CT molecular complexity index is 1190. The van der Waals surface area contributed by atoms with Crippen LogP contribution in [0.3, 0.4) is 0 Å². The average molecular weight is 377 g/mol. The van der Waals surface area contributed by atoms with Crippen molar-refractivity contribution in [3.05, 3.63) is 72.5 Å². The standard InChI is InChI=1S/C20H12FN3S2/c21-14-4-3-7-17-18(14)24-20(26-17)22-13-10-8-12(9-11-13)19-23-15-5-1-2-6-16(15)25-19/h1-11H,(H,22,24). The van der Waals surface area contributed by atoms with Gasteiger partial charge in [-0.25, -0.2) is 14.4 Å². The minimum absolute atomic E-state index is 0.294. The van der Waals surface area contributed by atoms with E-state index in [2.05, 4.69) is 21.4 Å². The van der Waals surface area contributed by atoms with Gasteiger partial charge in [-0.2, -0.15) is 0 Å². The smallest absolute Gasteiger partial charge is 0.188 e. The third kappa shape index (κ3) is 2.73. The molecule has 0 aliphatic rings. The number of rotatable bonds is 3. The van der Waals surface area contributed by atoms with Crippen LogP contribution in [0.2, 0.25) is 0 Å². The third-order valence-corrected chi connectivity index (χ3v) is 6.07. The molecule has 0 amide bonds. The zero-order valence-corrected chi connectivity index (χ0v) is 15.1. The van der Waals surface area contributed by atoms with Gasteiger partial charge in [0, 0.05) is 11.3 Å². The first-order valence-corrected chi connectivity index (χ1v) is 9.68. The molecule has 5 aromatic rings. The topological polar surface area (TPSA) is 37.8 Å². The highest BCUT2D eigenvalue weighted by Gasteiger charge is 2.09. The van der Waals surface area contributed by atoms with E-state index < -0.39 is 0 Å². The van der Waals surface area contributed by atoms with Gasteiger partial charge >= 0.3 is 0 Å². The van der Waals surface area contributed by atoms with Gasteiger partial charge in [0.05, 0.1) is 14.9 Å². The van der Waals surface area contributed by atoms with Gasteiger partial charge in [-0.05, 0) is 48.5 Å². The molecule has 0 fully saturated rings. The minimum Gasteiger partial charge on any atom is -0.332 e. The van der Waals surface area contributed by atoms with Crippen LogP contribution in [0.1, 0.15) is 0 Å². The molecule has 0 saturated heterocycles. The first kappa shape index (κ1) is 15.4. The molecular weight excluding hydrogens is 365 g/mol. The summed E-state index contributed by atoms with van der Waals surface area (Å²) in [5.41, 5.74) is 3.42. The van der Waals surface area contributed by atoms with Crippen molar-refractivity contribution >= 4 is 53.9 Å². The van der Waals surface area contributed by atoms with Gasteiger partial charge in [-0.3, -0.25) is 0 Å². The van der Waals surface area contributed by atoms with Gasteiger partial charge < -0.3 is 5.32 Å². The zero-order valence-electron chi connectivity index (χ0n) is 13.4. The van der Waals surface area contributed by atoms with Crippen LogP contribution in [-0.2, 0) is 0 Å². The summed E-state index contributed by atoms with van der Waals surface area (Å²) < 4.78 is 15.8. The van der Waals surface area contributed by atoms with E-state index in [1.165, 1.54) is 22.1 Å². The normalized spacial score (nSPS) is 11.3. The quantitative estimate of drug-likeness (QED) is 0.392. The van der Waals surface area contributed by atoms with E-state index in [4.69, 9.17) is 0 Å². The highest BCUT2D eigenvalue weighted by Crippen LogP contribution is 2.32. The van der Waals surface area contributed by atoms with Crippen molar-refractivity contribution in [2.24, 2.45) is 0 Å². The van der Waals surface area contributed by atoms with Crippen LogP contribution in [0.25, 0.3) is 31.0 Å². The molecule has 0 saturated carbocycles. The molecule has 0 bridgehead atoms. The number of fused-ring (bicyclic) bond motifs is 2. The fourth-order valence-corrected chi connectivity index (χ4v) is 4.66. The highest BCUT2D eigenvalue weighted by molar-refractivity contribution is 7.22. The third-order valence-electron chi connectivity index (χ3n) is 4.05. The molecule has 0 radical (unpaired) electrons. The molecule has 2 heterocycles. The summed E-state index contributed by atoms with van der Waals surface area (Å²) >= 11 is 3.12. The maximum Gasteiger partial charge on any atom is 0.188 e. The van der Waals surface area contributed by atoms with Crippen LogP contribution in [0.15, 0.2) is 66.7 Å². The summed E-state index contributed by atoms with van der Waals surface area (Å²) in [4.78, 5) is 9.02. The molecule has 0 aliphatic heterocycles. The van der Waals surface area contributed by atoms with Crippen LogP contribution in [-0.4, -0.2) is 9.97 Å². The van der Waals surface area contributed by atoms with E-state index >= 15 is 0 Å². The lowest BCUT2D eigenvalue weighted by molar-refractivity contribution is 0.637. The summed E-state index contributed by atoms with van der Waals surface area (Å²) in [6.07, 6.45) is 0. The number of nitrogens with zero attached hydrogens (tertiary/aromatic N) is 2. The Morgan fingerprint density at radius 1 is 0.769 bits per heavy atom. The van der Waals surface area contributed by atoms with Gasteiger partial charge in [-0.1, -0.05) is 29.5 Å². The monoisotopic (exact) mass is 377 g/mol. The number of hydrogen-bond acceptors (Lipinski definition) is 5. The number of anilines is 2. The number of thiazole rings is 2. The van der Waals surface area contributed by atoms with E-state index in [1.54, 1.807) is 17.4 Å². The second-order valence-corrected chi connectivity index (χ2v) is 7.86. The molecule has 1 N–H and O–H groups in total. The van der Waals surface area contributed by atoms with Crippen molar-refractivity contribution in [3.8, 4) is 10.6 Å². The minimum atomic E-state index is -0.294. The van der Waals surface area contributed by atoms with E-state index in [1.807, 2.05) is 48.5 Å². The summed E-state index contributed by atoms with van der Waals surface area (Å²) in [6, 6.07) is 21.2. The predicted octanol–water partition coefficient (Wildman–Crippen LogP) is 6.46. The van der Waals surface area contributed by atoms with Crippen molar-refractivity contribution in [1.82, 2.24) is 9.97 Å². The van der Waals surface area contributed by atoms with Crippen molar-refractivity contribution in [2.75, 3.05) is 5.32 Å². The lowest BCUT2D eigenvalue weighted by Gasteiger charge is -2.03. The lowest BCUT2D eigenvalue weighted by atomic mass is 10.2. The molecule has 0 aliphatic carbocycles. The fraction of sp³-hybridized carbons (Fsp3) is 0. The molecule has 126 valence electrons.